The Morgan fingerprint density at radius 2 is 2.21 bits per heavy atom. The predicted octanol–water partition coefficient (Wildman–Crippen LogP) is 2.09. The van der Waals surface area contributed by atoms with Crippen molar-refractivity contribution in [3.05, 3.63) is 29.3 Å². The summed E-state index contributed by atoms with van der Waals surface area (Å²) in [6.45, 7) is 5.06. The molecule has 0 aliphatic carbocycles. The molecule has 0 unspecified atom stereocenters. The third-order valence-electron chi connectivity index (χ3n) is 1.66. The summed E-state index contributed by atoms with van der Waals surface area (Å²) in [7, 11) is 0. The van der Waals surface area contributed by atoms with E-state index >= 15 is 0 Å². The number of pyridine rings is 1. The Labute approximate surface area is 81.9 Å². The summed E-state index contributed by atoms with van der Waals surface area (Å²) in [6.07, 6.45) is 1.05. The molecule has 14 heavy (non-hydrogen) atoms. The van der Waals surface area contributed by atoms with Gasteiger partial charge in [0.1, 0.15) is 5.56 Å². The summed E-state index contributed by atoms with van der Waals surface area (Å²) in [4.78, 5) is 14.8. The second kappa shape index (κ2) is 4.17. The minimum atomic E-state index is -0.782. The number of nitrogens with zero attached hydrogens (tertiary/aromatic N) is 1. The van der Waals surface area contributed by atoms with E-state index in [2.05, 4.69) is 4.98 Å². The van der Waals surface area contributed by atoms with Gasteiger partial charge >= 0.3 is 5.97 Å². The molecule has 1 rings (SSSR count). The first-order valence-electron chi connectivity index (χ1n) is 4.34. The number of rotatable bonds is 2. The number of halogens is 1. The minimum Gasteiger partial charge on any atom is -0.459 e. The van der Waals surface area contributed by atoms with Gasteiger partial charge in [-0.2, -0.15) is 4.39 Å². The minimum absolute atomic E-state index is 0.0822. The number of aryl methyl sites for hydroxylation is 1. The molecule has 0 saturated carbocycles. The second-order valence-corrected chi connectivity index (χ2v) is 3.25. The lowest BCUT2D eigenvalue weighted by molar-refractivity contribution is 0.0370. The molecule has 4 heteroatoms. The lowest BCUT2D eigenvalue weighted by Gasteiger charge is -2.09. The fraction of sp³-hybridized carbons (Fsp3) is 0.400. The van der Waals surface area contributed by atoms with E-state index in [1.54, 1.807) is 26.8 Å². The maximum atomic E-state index is 13.1. The molecular weight excluding hydrogens is 185 g/mol. The number of aromatic nitrogens is 1. The molecule has 0 aromatic carbocycles. The van der Waals surface area contributed by atoms with Crippen LogP contribution in [0.25, 0.3) is 0 Å². The third kappa shape index (κ3) is 2.28. The molecule has 0 saturated heterocycles. The lowest BCUT2D eigenvalue weighted by atomic mass is 10.1. The number of carbonyl (C=O) groups is 1. The van der Waals surface area contributed by atoms with E-state index < -0.39 is 11.9 Å². The predicted molar refractivity (Wildman–Crippen MR) is 49.5 cm³/mol. The fourth-order valence-corrected chi connectivity index (χ4v) is 1.04. The van der Waals surface area contributed by atoms with Gasteiger partial charge in [-0.1, -0.05) is 0 Å². The molecule has 0 radical (unpaired) electrons. The second-order valence-electron chi connectivity index (χ2n) is 3.25. The van der Waals surface area contributed by atoms with Gasteiger partial charge in [-0.05, 0) is 32.4 Å². The zero-order valence-corrected chi connectivity index (χ0v) is 8.37. The topological polar surface area (TPSA) is 39.2 Å². The van der Waals surface area contributed by atoms with Crippen molar-refractivity contribution in [2.75, 3.05) is 0 Å². The van der Waals surface area contributed by atoms with E-state index in [9.17, 15) is 9.18 Å². The van der Waals surface area contributed by atoms with Crippen LogP contribution in [0, 0.1) is 12.9 Å². The molecule has 1 aromatic rings. The van der Waals surface area contributed by atoms with Crippen LogP contribution in [0.2, 0.25) is 0 Å². The van der Waals surface area contributed by atoms with Crippen molar-refractivity contribution in [1.29, 1.82) is 0 Å². The van der Waals surface area contributed by atoms with Gasteiger partial charge in [-0.3, -0.25) is 0 Å². The van der Waals surface area contributed by atoms with Gasteiger partial charge in [-0.25, -0.2) is 9.78 Å². The summed E-state index contributed by atoms with van der Waals surface area (Å²) in [5, 5.41) is 0. The van der Waals surface area contributed by atoms with Crippen LogP contribution in [0.4, 0.5) is 4.39 Å². The van der Waals surface area contributed by atoms with Gasteiger partial charge in [0.15, 0.2) is 0 Å². The summed E-state index contributed by atoms with van der Waals surface area (Å²) in [5.41, 5.74) is 0.448. The number of carbonyl (C=O) groups excluding carboxylic acids is 1. The molecule has 0 fully saturated rings. The van der Waals surface area contributed by atoms with Crippen LogP contribution >= 0.6 is 0 Å². The Hall–Kier alpha value is -1.45. The molecule has 1 aromatic heterocycles. The Morgan fingerprint density at radius 3 is 2.71 bits per heavy atom. The van der Waals surface area contributed by atoms with Crippen LogP contribution in [-0.2, 0) is 4.74 Å². The SMILES string of the molecule is Cc1ccnc(F)c1C(=O)OC(C)C. The number of hydrogen-bond acceptors (Lipinski definition) is 3. The molecule has 0 aliphatic rings. The largest absolute Gasteiger partial charge is 0.459 e. The van der Waals surface area contributed by atoms with Crippen LogP contribution in [-0.4, -0.2) is 17.1 Å². The normalized spacial score (nSPS) is 10.4. The van der Waals surface area contributed by atoms with E-state index in [4.69, 9.17) is 4.74 Å². The van der Waals surface area contributed by atoms with Crippen molar-refractivity contribution in [2.24, 2.45) is 0 Å². The molecule has 0 spiro atoms. The summed E-state index contributed by atoms with van der Waals surface area (Å²) in [5.74, 6) is -1.45. The molecule has 3 nitrogen and oxygen atoms in total. The third-order valence-corrected chi connectivity index (χ3v) is 1.66. The first-order chi connectivity index (χ1) is 6.52. The van der Waals surface area contributed by atoms with E-state index in [1.807, 2.05) is 0 Å². The zero-order valence-electron chi connectivity index (χ0n) is 8.37. The lowest BCUT2D eigenvalue weighted by Crippen LogP contribution is -2.15. The smallest absolute Gasteiger partial charge is 0.343 e. The summed E-state index contributed by atoms with van der Waals surface area (Å²) < 4.78 is 18.0. The molecule has 76 valence electrons. The van der Waals surface area contributed by atoms with Crippen LogP contribution in [0.5, 0.6) is 0 Å². The van der Waals surface area contributed by atoms with Gasteiger partial charge in [0.2, 0.25) is 5.95 Å². The maximum absolute atomic E-state index is 13.1. The fourth-order valence-electron chi connectivity index (χ4n) is 1.04. The highest BCUT2D eigenvalue weighted by Gasteiger charge is 2.17. The first-order valence-corrected chi connectivity index (χ1v) is 4.34. The van der Waals surface area contributed by atoms with Gasteiger partial charge in [0, 0.05) is 6.20 Å². The van der Waals surface area contributed by atoms with Crippen molar-refractivity contribution in [3.63, 3.8) is 0 Å². The highest BCUT2D eigenvalue weighted by Crippen LogP contribution is 2.12. The van der Waals surface area contributed by atoms with E-state index in [0.29, 0.717) is 5.56 Å². The summed E-state index contributed by atoms with van der Waals surface area (Å²) in [6, 6.07) is 1.57. The van der Waals surface area contributed by atoms with Crippen LogP contribution in [0.1, 0.15) is 29.8 Å². The number of hydrogen-bond donors (Lipinski definition) is 0. The van der Waals surface area contributed by atoms with Crippen molar-refractivity contribution >= 4 is 5.97 Å². The molecule has 0 amide bonds. The van der Waals surface area contributed by atoms with Gasteiger partial charge < -0.3 is 4.74 Å². The monoisotopic (exact) mass is 197 g/mol. The van der Waals surface area contributed by atoms with Crippen molar-refractivity contribution < 1.29 is 13.9 Å². The van der Waals surface area contributed by atoms with Crippen LogP contribution < -0.4 is 0 Å². The van der Waals surface area contributed by atoms with Gasteiger partial charge in [0.05, 0.1) is 6.10 Å². The summed E-state index contributed by atoms with van der Waals surface area (Å²) >= 11 is 0. The Bertz CT molecular complexity index is 330. The first kappa shape index (κ1) is 10.6. The van der Waals surface area contributed by atoms with E-state index in [1.165, 1.54) is 6.20 Å². The van der Waals surface area contributed by atoms with Crippen LogP contribution in [0.3, 0.4) is 0 Å². The highest BCUT2D eigenvalue weighted by molar-refractivity contribution is 5.90. The average Bonchev–Trinajstić information content (AvgIpc) is 2.01. The molecule has 1 heterocycles. The Morgan fingerprint density at radius 1 is 1.57 bits per heavy atom. The molecule has 0 N–H and O–H groups in total. The van der Waals surface area contributed by atoms with Crippen LogP contribution in [0.15, 0.2) is 12.3 Å². The molecule has 0 aliphatic heterocycles. The maximum Gasteiger partial charge on any atom is 0.343 e. The quantitative estimate of drug-likeness (QED) is 0.538. The van der Waals surface area contributed by atoms with Gasteiger partial charge in [0.25, 0.3) is 0 Å². The molecular formula is C10H12FNO2. The average molecular weight is 197 g/mol. The van der Waals surface area contributed by atoms with Gasteiger partial charge in [-0.15, -0.1) is 0 Å². The van der Waals surface area contributed by atoms with Crippen molar-refractivity contribution in [3.8, 4) is 0 Å². The highest BCUT2D eigenvalue weighted by atomic mass is 19.1. The Balaban J connectivity index is 3.00. The zero-order chi connectivity index (χ0) is 10.7. The number of esters is 1. The van der Waals surface area contributed by atoms with E-state index in [0.717, 1.165) is 0 Å². The van der Waals surface area contributed by atoms with E-state index in [-0.39, 0.29) is 11.7 Å². The number of ether oxygens (including phenoxy) is 1. The Kier molecular flexibility index (Phi) is 3.17. The standard InChI is InChI=1S/C10H12FNO2/c1-6(2)14-10(13)8-7(3)4-5-12-9(8)11/h4-6H,1-3H3. The van der Waals surface area contributed by atoms with Crippen molar-refractivity contribution in [1.82, 2.24) is 4.98 Å². The van der Waals surface area contributed by atoms with Crippen molar-refractivity contribution in [2.45, 2.75) is 26.9 Å². The molecule has 0 atom stereocenters. The molecule has 0 bridgehead atoms.